The highest BCUT2D eigenvalue weighted by molar-refractivity contribution is 5.87. The summed E-state index contributed by atoms with van der Waals surface area (Å²) in [5.41, 5.74) is 5.92. The Morgan fingerprint density at radius 3 is 2.41 bits per heavy atom. The van der Waals surface area contributed by atoms with Crippen LogP contribution in [0, 0.1) is 11.8 Å². The second-order valence-corrected chi connectivity index (χ2v) is 5.89. The molecule has 3 nitrogen and oxygen atoms in total. The summed E-state index contributed by atoms with van der Waals surface area (Å²) in [6, 6.07) is -0.466. The molecule has 17 heavy (non-hydrogen) atoms. The van der Waals surface area contributed by atoms with E-state index in [1.807, 2.05) is 13.8 Å². The highest BCUT2D eigenvalue weighted by atomic mass is 16.3. The van der Waals surface area contributed by atoms with Crippen LogP contribution in [0.3, 0.4) is 0 Å². The monoisotopic (exact) mass is 241 g/mol. The minimum atomic E-state index is -0.867. The highest BCUT2D eigenvalue weighted by Gasteiger charge is 2.26. The zero-order valence-electron chi connectivity index (χ0n) is 11.2. The Kier molecular flexibility index (Phi) is 6.14. The number of hydrogen-bond acceptors (Lipinski definition) is 3. The Labute approximate surface area is 105 Å². The molecule has 0 bridgehead atoms. The molecule has 100 valence electrons. The van der Waals surface area contributed by atoms with Crippen molar-refractivity contribution in [2.24, 2.45) is 17.6 Å². The van der Waals surface area contributed by atoms with Crippen LogP contribution in [0.4, 0.5) is 0 Å². The molecular weight excluding hydrogens is 214 g/mol. The molecule has 3 heteroatoms. The zero-order chi connectivity index (χ0) is 12.8. The topological polar surface area (TPSA) is 63.3 Å². The van der Waals surface area contributed by atoms with Gasteiger partial charge in [-0.25, -0.2) is 0 Å². The van der Waals surface area contributed by atoms with Gasteiger partial charge < -0.3 is 10.8 Å². The number of carbonyl (C=O) groups is 1. The lowest BCUT2D eigenvalue weighted by atomic mass is 9.83. The highest BCUT2D eigenvalue weighted by Crippen LogP contribution is 2.27. The molecule has 0 aromatic carbocycles. The van der Waals surface area contributed by atoms with Crippen LogP contribution >= 0.6 is 0 Å². The third kappa shape index (κ3) is 5.17. The molecular formula is C14H27NO2. The fourth-order valence-electron chi connectivity index (χ4n) is 2.71. The van der Waals surface area contributed by atoms with Crippen molar-refractivity contribution in [1.29, 1.82) is 0 Å². The normalized spacial score (nSPS) is 21.5. The molecule has 1 aliphatic rings. The lowest BCUT2D eigenvalue weighted by Gasteiger charge is -2.25. The van der Waals surface area contributed by atoms with Gasteiger partial charge in [0.1, 0.15) is 6.10 Å². The molecule has 0 heterocycles. The first-order valence-electron chi connectivity index (χ1n) is 6.98. The Morgan fingerprint density at radius 2 is 1.88 bits per heavy atom. The van der Waals surface area contributed by atoms with Crippen LogP contribution in [0.1, 0.15) is 58.8 Å². The predicted molar refractivity (Wildman–Crippen MR) is 69.6 cm³/mol. The number of rotatable bonds is 6. The SMILES string of the molecule is CC(C)CC(O)C(=O)C(N)CC1CCCCC1. The number of carbonyl (C=O) groups excluding carboxylic acids is 1. The van der Waals surface area contributed by atoms with Crippen molar-refractivity contribution >= 4 is 5.78 Å². The van der Waals surface area contributed by atoms with Gasteiger partial charge in [0.2, 0.25) is 0 Å². The third-order valence-corrected chi connectivity index (χ3v) is 3.70. The van der Waals surface area contributed by atoms with Crippen molar-refractivity contribution < 1.29 is 9.90 Å². The van der Waals surface area contributed by atoms with E-state index in [0.29, 0.717) is 18.3 Å². The maximum atomic E-state index is 11.9. The van der Waals surface area contributed by atoms with Gasteiger partial charge in [-0.3, -0.25) is 4.79 Å². The van der Waals surface area contributed by atoms with Gasteiger partial charge in [0.05, 0.1) is 6.04 Å². The summed E-state index contributed by atoms with van der Waals surface area (Å²) in [6.07, 6.45) is 6.65. The third-order valence-electron chi connectivity index (χ3n) is 3.70. The zero-order valence-corrected chi connectivity index (χ0v) is 11.2. The first-order valence-corrected chi connectivity index (χ1v) is 6.98. The minimum absolute atomic E-state index is 0.163. The van der Waals surface area contributed by atoms with Gasteiger partial charge in [-0.1, -0.05) is 46.0 Å². The van der Waals surface area contributed by atoms with Crippen molar-refractivity contribution in [2.75, 3.05) is 0 Å². The number of nitrogens with two attached hydrogens (primary N) is 1. The van der Waals surface area contributed by atoms with Crippen molar-refractivity contribution in [1.82, 2.24) is 0 Å². The largest absolute Gasteiger partial charge is 0.385 e. The maximum absolute atomic E-state index is 11.9. The van der Waals surface area contributed by atoms with Crippen LogP contribution in [0.2, 0.25) is 0 Å². The minimum Gasteiger partial charge on any atom is -0.385 e. The predicted octanol–water partition coefficient (Wildman–Crippen LogP) is 2.26. The first-order chi connectivity index (χ1) is 8.00. The molecule has 1 aliphatic carbocycles. The average molecular weight is 241 g/mol. The van der Waals surface area contributed by atoms with Gasteiger partial charge >= 0.3 is 0 Å². The van der Waals surface area contributed by atoms with Crippen LogP contribution in [-0.4, -0.2) is 23.0 Å². The van der Waals surface area contributed by atoms with Gasteiger partial charge in [-0.2, -0.15) is 0 Å². The Morgan fingerprint density at radius 1 is 1.29 bits per heavy atom. The molecule has 2 unspecified atom stereocenters. The molecule has 0 aromatic rings. The molecule has 1 saturated carbocycles. The number of aliphatic hydroxyl groups excluding tert-OH is 1. The number of Topliss-reactive ketones (excluding diaryl/α,β-unsaturated/α-hetero) is 1. The van der Waals surface area contributed by atoms with E-state index in [1.165, 1.54) is 32.1 Å². The second-order valence-electron chi connectivity index (χ2n) is 5.89. The Hall–Kier alpha value is -0.410. The van der Waals surface area contributed by atoms with Crippen LogP contribution in [0.5, 0.6) is 0 Å². The fraction of sp³-hybridized carbons (Fsp3) is 0.929. The van der Waals surface area contributed by atoms with Gasteiger partial charge in [0, 0.05) is 0 Å². The fourth-order valence-corrected chi connectivity index (χ4v) is 2.71. The van der Waals surface area contributed by atoms with Crippen LogP contribution < -0.4 is 5.73 Å². The maximum Gasteiger partial charge on any atom is 0.177 e. The summed E-state index contributed by atoms with van der Waals surface area (Å²) in [6.45, 7) is 4.01. The Bertz CT molecular complexity index is 234. The molecule has 3 N–H and O–H groups in total. The molecule has 1 fully saturated rings. The standard InChI is InChI=1S/C14H27NO2/c1-10(2)8-13(16)14(17)12(15)9-11-6-4-3-5-7-11/h10-13,16H,3-9,15H2,1-2H3. The average Bonchev–Trinajstić information content (AvgIpc) is 2.28. The summed E-state index contributed by atoms with van der Waals surface area (Å²) in [7, 11) is 0. The van der Waals surface area contributed by atoms with E-state index in [0.717, 1.165) is 6.42 Å². The van der Waals surface area contributed by atoms with Gasteiger partial charge in [-0.15, -0.1) is 0 Å². The van der Waals surface area contributed by atoms with Crippen molar-refractivity contribution in [3.05, 3.63) is 0 Å². The molecule has 0 aromatic heterocycles. The number of aliphatic hydroxyl groups is 1. The van der Waals surface area contributed by atoms with Crippen molar-refractivity contribution in [2.45, 2.75) is 70.9 Å². The van der Waals surface area contributed by atoms with Crippen LogP contribution in [0.25, 0.3) is 0 Å². The molecule has 0 aliphatic heterocycles. The molecule has 2 atom stereocenters. The lowest BCUT2D eigenvalue weighted by Crippen LogP contribution is -2.40. The van der Waals surface area contributed by atoms with E-state index < -0.39 is 12.1 Å². The van der Waals surface area contributed by atoms with Crippen LogP contribution in [0.15, 0.2) is 0 Å². The lowest BCUT2D eigenvalue weighted by molar-refractivity contribution is -0.129. The molecule has 1 rings (SSSR count). The molecule has 0 spiro atoms. The number of ketones is 1. The van der Waals surface area contributed by atoms with Crippen molar-refractivity contribution in [3.8, 4) is 0 Å². The van der Waals surface area contributed by atoms with Crippen molar-refractivity contribution in [3.63, 3.8) is 0 Å². The second kappa shape index (κ2) is 7.12. The first kappa shape index (κ1) is 14.7. The summed E-state index contributed by atoms with van der Waals surface area (Å²) >= 11 is 0. The summed E-state index contributed by atoms with van der Waals surface area (Å²) in [5.74, 6) is 0.758. The van der Waals surface area contributed by atoms with E-state index in [4.69, 9.17) is 5.73 Å². The smallest absolute Gasteiger partial charge is 0.177 e. The van der Waals surface area contributed by atoms with E-state index in [1.54, 1.807) is 0 Å². The molecule has 0 saturated heterocycles. The Balaban J connectivity index is 2.34. The van der Waals surface area contributed by atoms with Gasteiger partial charge in [0.25, 0.3) is 0 Å². The number of hydrogen-bond donors (Lipinski definition) is 2. The van der Waals surface area contributed by atoms with E-state index in [-0.39, 0.29) is 5.78 Å². The van der Waals surface area contributed by atoms with Gasteiger partial charge in [-0.05, 0) is 24.7 Å². The van der Waals surface area contributed by atoms with Gasteiger partial charge in [0.15, 0.2) is 5.78 Å². The van der Waals surface area contributed by atoms with E-state index >= 15 is 0 Å². The molecule has 0 amide bonds. The van der Waals surface area contributed by atoms with E-state index in [2.05, 4.69) is 0 Å². The van der Waals surface area contributed by atoms with Crippen LogP contribution in [-0.2, 0) is 4.79 Å². The van der Waals surface area contributed by atoms with E-state index in [9.17, 15) is 9.90 Å². The summed E-state index contributed by atoms with van der Waals surface area (Å²) in [5, 5.41) is 9.76. The summed E-state index contributed by atoms with van der Waals surface area (Å²) in [4.78, 5) is 11.9. The molecule has 0 radical (unpaired) electrons. The summed E-state index contributed by atoms with van der Waals surface area (Å²) < 4.78 is 0. The quantitative estimate of drug-likeness (QED) is 0.749.